The van der Waals surface area contributed by atoms with Gasteiger partial charge in [-0.2, -0.15) is 0 Å². The number of ether oxygens (including phenoxy) is 1. The minimum absolute atomic E-state index is 0.0550. The molecular weight excluding hydrogens is 298 g/mol. The lowest BCUT2D eigenvalue weighted by atomic mass is 9.67. The lowest BCUT2D eigenvalue weighted by Crippen LogP contribution is -2.49. The first kappa shape index (κ1) is 16.2. The third-order valence-corrected chi connectivity index (χ3v) is 5.58. The van der Waals surface area contributed by atoms with Gasteiger partial charge in [0.05, 0.1) is 13.2 Å². The van der Waals surface area contributed by atoms with Crippen molar-refractivity contribution in [1.82, 2.24) is 16.0 Å². The van der Waals surface area contributed by atoms with Gasteiger partial charge in [-0.25, -0.2) is 4.79 Å². The largest absolute Gasteiger partial charge is 0.467 e. The Morgan fingerprint density at radius 1 is 1.43 bits per heavy atom. The lowest BCUT2D eigenvalue weighted by molar-refractivity contribution is -0.146. The van der Waals surface area contributed by atoms with Crippen molar-refractivity contribution in [2.24, 2.45) is 11.3 Å². The van der Waals surface area contributed by atoms with E-state index in [0.717, 1.165) is 13.0 Å². The molecular formula is C16H25N3O4. The van der Waals surface area contributed by atoms with Crippen LogP contribution in [-0.2, 0) is 19.1 Å². The van der Waals surface area contributed by atoms with Crippen LogP contribution in [0, 0.1) is 11.3 Å². The number of carbonyl (C=O) groups excluding carboxylic acids is 3. The number of hydrogen-bond donors (Lipinski definition) is 3. The van der Waals surface area contributed by atoms with Gasteiger partial charge >= 0.3 is 5.97 Å². The van der Waals surface area contributed by atoms with Crippen LogP contribution in [0.25, 0.3) is 0 Å². The van der Waals surface area contributed by atoms with E-state index < -0.39 is 12.0 Å². The predicted octanol–water partition coefficient (Wildman–Crippen LogP) is -0.297. The molecule has 3 rings (SSSR count). The van der Waals surface area contributed by atoms with Gasteiger partial charge in [0.25, 0.3) is 0 Å². The Balaban J connectivity index is 1.58. The molecule has 1 saturated carbocycles. The van der Waals surface area contributed by atoms with Gasteiger partial charge in [0.2, 0.25) is 11.8 Å². The fourth-order valence-electron chi connectivity index (χ4n) is 3.94. The Morgan fingerprint density at radius 3 is 2.74 bits per heavy atom. The van der Waals surface area contributed by atoms with Crippen molar-refractivity contribution < 1.29 is 19.1 Å². The van der Waals surface area contributed by atoms with Crippen LogP contribution in [0.15, 0.2) is 0 Å². The first-order valence-electron chi connectivity index (χ1n) is 8.42. The minimum atomic E-state index is -0.763. The lowest BCUT2D eigenvalue weighted by Gasteiger charge is -2.37. The van der Waals surface area contributed by atoms with Crippen molar-refractivity contribution in [3.63, 3.8) is 0 Å². The summed E-state index contributed by atoms with van der Waals surface area (Å²) in [5, 5.41) is 8.81. The van der Waals surface area contributed by atoms with Gasteiger partial charge in [-0.3, -0.25) is 9.59 Å². The van der Waals surface area contributed by atoms with Gasteiger partial charge in [0.1, 0.15) is 6.04 Å². The highest BCUT2D eigenvalue weighted by Gasteiger charge is 2.46. The zero-order chi connectivity index (χ0) is 16.4. The number of methoxy groups -OCH3 is 1. The molecule has 1 aliphatic carbocycles. The number of esters is 1. The van der Waals surface area contributed by atoms with Crippen molar-refractivity contribution in [2.45, 2.75) is 50.6 Å². The first-order valence-corrected chi connectivity index (χ1v) is 8.42. The zero-order valence-corrected chi connectivity index (χ0v) is 13.5. The highest BCUT2D eigenvalue weighted by molar-refractivity contribution is 5.88. The van der Waals surface area contributed by atoms with E-state index in [2.05, 4.69) is 16.0 Å². The fraction of sp³-hybridized carbons (Fsp3) is 0.812. The topological polar surface area (TPSA) is 96.5 Å². The molecule has 3 atom stereocenters. The minimum Gasteiger partial charge on any atom is -0.467 e. The molecule has 2 saturated heterocycles. The molecule has 7 heteroatoms. The summed E-state index contributed by atoms with van der Waals surface area (Å²) in [6.07, 6.45) is 5.39. The molecule has 2 aliphatic heterocycles. The molecule has 2 heterocycles. The van der Waals surface area contributed by atoms with Crippen LogP contribution >= 0.6 is 0 Å². The molecule has 0 bridgehead atoms. The van der Waals surface area contributed by atoms with Crippen molar-refractivity contribution in [3.8, 4) is 0 Å². The molecule has 128 valence electrons. The van der Waals surface area contributed by atoms with Crippen molar-refractivity contribution in [3.05, 3.63) is 0 Å². The Hall–Kier alpha value is -1.63. The van der Waals surface area contributed by atoms with Gasteiger partial charge < -0.3 is 20.7 Å². The van der Waals surface area contributed by atoms with E-state index in [4.69, 9.17) is 4.74 Å². The second-order valence-corrected chi connectivity index (χ2v) is 7.09. The standard InChI is InChI=1S/C16H25N3O4/c1-23-15(22)11(7-10-3-6-17-13(10)20)19-14(21)12-8-16(9-18-12)4-2-5-16/h10-12,18H,2-9H2,1H3,(H,17,20)(H,19,21). The molecule has 3 fully saturated rings. The summed E-state index contributed by atoms with van der Waals surface area (Å²) >= 11 is 0. The van der Waals surface area contributed by atoms with E-state index in [1.165, 1.54) is 26.4 Å². The van der Waals surface area contributed by atoms with Gasteiger partial charge in [-0.05, 0) is 37.5 Å². The van der Waals surface area contributed by atoms with Gasteiger partial charge in [-0.15, -0.1) is 0 Å². The second-order valence-electron chi connectivity index (χ2n) is 7.09. The van der Waals surface area contributed by atoms with Crippen LogP contribution in [0.5, 0.6) is 0 Å². The van der Waals surface area contributed by atoms with Crippen LogP contribution < -0.4 is 16.0 Å². The SMILES string of the molecule is COC(=O)C(CC1CCNC1=O)NC(=O)C1CC2(CCC2)CN1. The van der Waals surface area contributed by atoms with E-state index in [9.17, 15) is 14.4 Å². The highest BCUT2D eigenvalue weighted by atomic mass is 16.5. The molecule has 2 amide bonds. The third-order valence-electron chi connectivity index (χ3n) is 5.58. The van der Waals surface area contributed by atoms with E-state index in [1.807, 2.05) is 0 Å². The van der Waals surface area contributed by atoms with E-state index in [1.54, 1.807) is 0 Å². The fourth-order valence-corrected chi connectivity index (χ4v) is 3.94. The van der Waals surface area contributed by atoms with Crippen molar-refractivity contribution in [2.75, 3.05) is 20.2 Å². The summed E-state index contributed by atoms with van der Waals surface area (Å²) < 4.78 is 4.79. The number of amides is 2. The van der Waals surface area contributed by atoms with E-state index in [0.29, 0.717) is 19.4 Å². The molecule has 0 radical (unpaired) electrons. The van der Waals surface area contributed by atoms with Gasteiger partial charge in [-0.1, -0.05) is 6.42 Å². The van der Waals surface area contributed by atoms with Gasteiger partial charge in [0, 0.05) is 19.0 Å². The number of carbonyl (C=O) groups is 3. The molecule has 7 nitrogen and oxygen atoms in total. The number of nitrogens with one attached hydrogen (secondary N) is 3. The maximum absolute atomic E-state index is 12.5. The predicted molar refractivity (Wildman–Crippen MR) is 82.4 cm³/mol. The zero-order valence-electron chi connectivity index (χ0n) is 13.5. The Bertz CT molecular complexity index is 504. The first-order chi connectivity index (χ1) is 11.0. The second kappa shape index (κ2) is 6.47. The Kier molecular flexibility index (Phi) is 4.57. The van der Waals surface area contributed by atoms with Crippen molar-refractivity contribution in [1.29, 1.82) is 0 Å². The number of rotatable bonds is 5. The summed E-state index contributed by atoms with van der Waals surface area (Å²) in [5.41, 5.74) is 0.286. The van der Waals surface area contributed by atoms with Crippen LogP contribution in [0.3, 0.4) is 0 Å². The summed E-state index contributed by atoms with van der Waals surface area (Å²) in [6, 6.07) is -1.01. The summed E-state index contributed by atoms with van der Waals surface area (Å²) in [7, 11) is 1.30. The van der Waals surface area contributed by atoms with Crippen LogP contribution in [0.1, 0.15) is 38.5 Å². The summed E-state index contributed by atoms with van der Waals surface area (Å²) in [4.78, 5) is 36.1. The Labute approximate surface area is 135 Å². The monoisotopic (exact) mass is 323 g/mol. The summed E-state index contributed by atoms with van der Waals surface area (Å²) in [5.74, 6) is -0.952. The summed E-state index contributed by atoms with van der Waals surface area (Å²) in [6.45, 7) is 1.50. The third kappa shape index (κ3) is 3.34. The van der Waals surface area contributed by atoms with Crippen molar-refractivity contribution >= 4 is 17.8 Å². The smallest absolute Gasteiger partial charge is 0.328 e. The van der Waals surface area contributed by atoms with E-state index >= 15 is 0 Å². The van der Waals surface area contributed by atoms with Gasteiger partial charge in [0.15, 0.2) is 0 Å². The van der Waals surface area contributed by atoms with Crippen LogP contribution in [-0.4, -0.2) is 50.1 Å². The molecule has 1 spiro atoms. The average Bonchev–Trinajstić information content (AvgIpc) is 3.12. The van der Waals surface area contributed by atoms with Crippen LogP contribution in [0.4, 0.5) is 0 Å². The average molecular weight is 323 g/mol. The van der Waals surface area contributed by atoms with Crippen LogP contribution in [0.2, 0.25) is 0 Å². The maximum atomic E-state index is 12.5. The molecule has 3 unspecified atom stereocenters. The number of hydrogen-bond acceptors (Lipinski definition) is 5. The molecule has 3 N–H and O–H groups in total. The van der Waals surface area contributed by atoms with E-state index in [-0.39, 0.29) is 29.2 Å². The normalized spacial score (nSPS) is 29.7. The highest BCUT2D eigenvalue weighted by Crippen LogP contribution is 2.47. The molecule has 0 aromatic heterocycles. The quantitative estimate of drug-likeness (QED) is 0.604. The molecule has 3 aliphatic rings. The molecule has 0 aromatic carbocycles. The molecule has 23 heavy (non-hydrogen) atoms. The molecule has 0 aromatic rings. The Morgan fingerprint density at radius 2 is 2.22 bits per heavy atom. The maximum Gasteiger partial charge on any atom is 0.328 e.